The first-order chi connectivity index (χ1) is 15.5. The Balaban J connectivity index is 1.43. The highest BCUT2D eigenvalue weighted by Crippen LogP contribution is 2.30. The molecule has 0 saturated carbocycles. The summed E-state index contributed by atoms with van der Waals surface area (Å²) in [5.41, 5.74) is 2.49. The number of benzene rings is 3. The second kappa shape index (κ2) is 9.85. The smallest absolute Gasteiger partial charge is 0.314 e. The molecule has 1 aliphatic heterocycles. The molecule has 32 heavy (non-hydrogen) atoms. The third-order valence-corrected chi connectivity index (χ3v) is 5.83. The highest BCUT2D eigenvalue weighted by atomic mass is 35.5. The number of hydrogen-bond acceptors (Lipinski definition) is 4. The number of piperazine rings is 1. The topological polar surface area (TPSA) is 72.9 Å². The van der Waals surface area contributed by atoms with Crippen LogP contribution in [0.4, 0.5) is 5.69 Å². The van der Waals surface area contributed by atoms with Crippen LogP contribution in [0.25, 0.3) is 0 Å². The van der Waals surface area contributed by atoms with Crippen LogP contribution >= 0.6 is 11.6 Å². The molecule has 1 heterocycles. The van der Waals surface area contributed by atoms with Gasteiger partial charge in [-0.1, -0.05) is 72.3 Å². The first-order valence-corrected chi connectivity index (χ1v) is 10.8. The van der Waals surface area contributed by atoms with Gasteiger partial charge >= 0.3 is 11.8 Å². The van der Waals surface area contributed by atoms with Gasteiger partial charge in [-0.2, -0.15) is 0 Å². The number of nitrogens with zero attached hydrogens (tertiary/aromatic N) is 2. The van der Waals surface area contributed by atoms with Crippen molar-refractivity contribution >= 4 is 29.1 Å². The molecule has 2 N–H and O–H groups in total. The summed E-state index contributed by atoms with van der Waals surface area (Å²) in [6, 6.07) is 24.9. The maximum absolute atomic E-state index is 12.7. The Bertz CT molecular complexity index is 1040. The molecule has 1 fully saturated rings. The SMILES string of the molecule is O=C(Nc1cc(Cl)ccc1O)C(=O)N1CCN(C(c2ccccc2)c2ccccc2)CC1. The predicted octanol–water partition coefficient (Wildman–Crippen LogP) is 3.92. The van der Waals surface area contributed by atoms with Gasteiger partial charge < -0.3 is 15.3 Å². The molecule has 0 radical (unpaired) electrons. The van der Waals surface area contributed by atoms with Crippen LogP contribution in [-0.4, -0.2) is 52.9 Å². The molecule has 3 aromatic carbocycles. The Morgan fingerprint density at radius 2 is 1.41 bits per heavy atom. The van der Waals surface area contributed by atoms with Crippen LogP contribution < -0.4 is 5.32 Å². The molecule has 0 aromatic heterocycles. The zero-order valence-corrected chi connectivity index (χ0v) is 18.2. The molecule has 0 unspecified atom stereocenters. The largest absolute Gasteiger partial charge is 0.506 e. The highest BCUT2D eigenvalue weighted by Gasteiger charge is 2.30. The van der Waals surface area contributed by atoms with Gasteiger partial charge in [0.25, 0.3) is 0 Å². The van der Waals surface area contributed by atoms with Crippen molar-refractivity contribution in [1.82, 2.24) is 9.80 Å². The lowest BCUT2D eigenvalue weighted by atomic mass is 9.96. The molecular weight excluding hydrogens is 426 g/mol. The molecule has 0 spiro atoms. The minimum absolute atomic E-state index is 0.0758. The Morgan fingerprint density at radius 1 is 0.844 bits per heavy atom. The Labute approximate surface area is 192 Å². The van der Waals surface area contributed by atoms with Crippen LogP contribution in [-0.2, 0) is 9.59 Å². The van der Waals surface area contributed by atoms with Crippen LogP contribution in [0.2, 0.25) is 5.02 Å². The fourth-order valence-corrected chi connectivity index (χ4v) is 4.17. The van der Waals surface area contributed by atoms with Gasteiger partial charge in [0.2, 0.25) is 0 Å². The van der Waals surface area contributed by atoms with Crippen molar-refractivity contribution in [3.05, 3.63) is 95.0 Å². The van der Waals surface area contributed by atoms with Crippen LogP contribution in [0.5, 0.6) is 5.75 Å². The van der Waals surface area contributed by atoms with Gasteiger partial charge in [0.05, 0.1) is 11.7 Å². The molecule has 1 saturated heterocycles. The van der Waals surface area contributed by atoms with Crippen molar-refractivity contribution in [3.8, 4) is 5.75 Å². The van der Waals surface area contributed by atoms with E-state index in [0.29, 0.717) is 31.2 Å². The third-order valence-electron chi connectivity index (χ3n) is 5.60. The van der Waals surface area contributed by atoms with E-state index in [2.05, 4.69) is 34.5 Å². The molecule has 0 bridgehead atoms. The molecule has 2 amide bonds. The zero-order valence-electron chi connectivity index (χ0n) is 17.4. The van der Waals surface area contributed by atoms with E-state index in [1.54, 1.807) is 4.90 Å². The Hall–Kier alpha value is -3.35. The van der Waals surface area contributed by atoms with E-state index >= 15 is 0 Å². The third kappa shape index (κ3) is 4.93. The summed E-state index contributed by atoms with van der Waals surface area (Å²) in [6.45, 7) is 2.14. The predicted molar refractivity (Wildman–Crippen MR) is 125 cm³/mol. The van der Waals surface area contributed by atoms with E-state index in [1.165, 1.54) is 29.3 Å². The van der Waals surface area contributed by atoms with Gasteiger partial charge in [-0.3, -0.25) is 14.5 Å². The number of rotatable bonds is 4. The van der Waals surface area contributed by atoms with Crippen LogP contribution in [0.3, 0.4) is 0 Å². The quantitative estimate of drug-likeness (QED) is 0.467. The maximum atomic E-state index is 12.7. The monoisotopic (exact) mass is 449 g/mol. The van der Waals surface area contributed by atoms with Crippen LogP contribution in [0.1, 0.15) is 17.2 Å². The van der Waals surface area contributed by atoms with Gasteiger partial charge in [-0.15, -0.1) is 0 Å². The fraction of sp³-hybridized carbons (Fsp3) is 0.200. The molecule has 4 rings (SSSR count). The average molecular weight is 450 g/mol. The number of nitrogens with one attached hydrogen (secondary N) is 1. The van der Waals surface area contributed by atoms with Crippen molar-refractivity contribution in [2.24, 2.45) is 0 Å². The number of amides is 2. The number of carbonyl (C=O) groups is 2. The minimum Gasteiger partial charge on any atom is -0.506 e. The van der Waals surface area contributed by atoms with Gasteiger partial charge in [0.1, 0.15) is 5.75 Å². The lowest BCUT2D eigenvalue weighted by molar-refractivity contribution is -0.144. The molecule has 0 aliphatic carbocycles. The molecule has 164 valence electrons. The van der Waals surface area contributed by atoms with Crippen LogP contribution in [0, 0.1) is 0 Å². The van der Waals surface area contributed by atoms with Crippen molar-refractivity contribution in [3.63, 3.8) is 0 Å². The summed E-state index contributed by atoms with van der Waals surface area (Å²) < 4.78 is 0. The second-order valence-electron chi connectivity index (χ2n) is 7.67. The number of halogens is 1. The standard InChI is InChI=1S/C25H24ClN3O3/c26-20-11-12-22(30)21(17-20)27-24(31)25(32)29-15-13-28(14-16-29)23(18-7-3-1-4-8-18)19-9-5-2-6-10-19/h1-12,17,23,30H,13-16H2,(H,27,31). The highest BCUT2D eigenvalue weighted by molar-refractivity contribution is 6.40. The molecule has 0 atom stereocenters. The first-order valence-electron chi connectivity index (χ1n) is 10.5. The molecular formula is C25H24ClN3O3. The Morgan fingerprint density at radius 3 is 1.97 bits per heavy atom. The average Bonchev–Trinajstić information content (AvgIpc) is 2.83. The number of aromatic hydroxyl groups is 1. The van der Waals surface area contributed by atoms with E-state index in [-0.39, 0.29) is 17.5 Å². The number of hydrogen-bond donors (Lipinski definition) is 2. The maximum Gasteiger partial charge on any atom is 0.314 e. The van der Waals surface area contributed by atoms with E-state index in [4.69, 9.17) is 11.6 Å². The summed E-state index contributed by atoms with van der Waals surface area (Å²) in [5.74, 6) is -1.56. The first kappa shape index (κ1) is 21.9. The second-order valence-corrected chi connectivity index (χ2v) is 8.10. The number of carbonyl (C=O) groups excluding carboxylic acids is 2. The summed E-state index contributed by atoms with van der Waals surface area (Å²) in [5, 5.41) is 12.7. The van der Waals surface area contributed by atoms with E-state index in [9.17, 15) is 14.7 Å². The van der Waals surface area contributed by atoms with Crippen molar-refractivity contribution in [2.45, 2.75) is 6.04 Å². The van der Waals surface area contributed by atoms with Crippen molar-refractivity contribution < 1.29 is 14.7 Å². The van der Waals surface area contributed by atoms with Gasteiger partial charge in [-0.25, -0.2) is 0 Å². The number of anilines is 1. The molecule has 7 heteroatoms. The van der Waals surface area contributed by atoms with E-state index in [1.807, 2.05) is 36.4 Å². The normalized spacial score (nSPS) is 14.4. The number of phenolic OH excluding ortho intramolecular Hbond substituents is 1. The summed E-state index contributed by atoms with van der Waals surface area (Å²) >= 11 is 5.91. The van der Waals surface area contributed by atoms with E-state index < -0.39 is 11.8 Å². The van der Waals surface area contributed by atoms with Gasteiger partial charge in [0, 0.05) is 31.2 Å². The summed E-state index contributed by atoms with van der Waals surface area (Å²) in [6.07, 6.45) is 0. The lowest BCUT2D eigenvalue weighted by Gasteiger charge is -2.39. The summed E-state index contributed by atoms with van der Waals surface area (Å²) in [7, 11) is 0. The molecule has 1 aliphatic rings. The van der Waals surface area contributed by atoms with Crippen molar-refractivity contribution in [1.29, 1.82) is 0 Å². The Kier molecular flexibility index (Phi) is 6.73. The van der Waals surface area contributed by atoms with Crippen molar-refractivity contribution in [2.75, 3.05) is 31.5 Å². The van der Waals surface area contributed by atoms with E-state index in [0.717, 1.165) is 0 Å². The zero-order chi connectivity index (χ0) is 22.5. The van der Waals surface area contributed by atoms with Gasteiger partial charge in [-0.05, 0) is 29.3 Å². The summed E-state index contributed by atoms with van der Waals surface area (Å²) in [4.78, 5) is 29.0. The number of phenols is 1. The lowest BCUT2D eigenvalue weighted by Crippen LogP contribution is -2.52. The van der Waals surface area contributed by atoms with Crippen LogP contribution in [0.15, 0.2) is 78.9 Å². The minimum atomic E-state index is -0.793. The molecule has 6 nitrogen and oxygen atoms in total. The fourth-order valence-electron chi connectivity index (χ4n) is 4.00. The molecule has 3 aromatic rings. The van der Waals surface area contributed by atoms with Gasteiger partial charge in [0.15, 0.2) is 0 Å².